The number of aromatic nitrogens is 3. The summed E-state index contributed by atoms with van der Waals surface area (Å²) in [4.78, 5) is 21.8. The molecule has 0 unspecified atom stereocenters. The van der Waals surface area contributed by atoms with Crippen LogP contribution in [-0.4, -0.2) is 51.6 Å². The first-order chi connectivity index (χ1) is 18.1. The van der Waals surface area contributed by atoms with E-state index in [1.807, 2.05) is 35.2 Å². The zero-order chi connectivity index (χ0) is 25.4. The van der Waals surface area contributed by atoms with Gasteiger partial charge in [0.05, 0.1) is 17.1 Å². The van der Waals surface area contributed by atoms with Crippen molar-refractivity contribution in [3.05, 3.63) is 108 Å². The quantitative estimate of drug-likeness (QED) is 0.339. The molecule has 0 spiro atoms. The Hall–Kier alpha value is -4.59. The van der Waals surface area contributed by atoms with Gasteiger partial charge < -0.3 is 9.80 Å². The van der Waals surface area contributed by atoms with Gasteiger partial charge in [0.2, 0.25) is 0 Å². The van der Waals surface area contributed by atoms with E-state index < -0.39 is 5.82 Å². The van der Waals surface area contributed by atoms with Crippen LogP contribution in [0.15, 0.2) is 91.0 Å². The van der Waals surface area contributed by atoms with Gasteiger partial charge in [-0.05, 0) is 30.3 Å². The summed E-state index contributed by atoms with van der Waals surface area (Å²) in [7, 11) is 0. The van der Waals surface area contributed by atoms with Gasteiger partial charge in [0.1, 0.15) is 17.3 Å². The Morgan fingerprint density at radius 2 is 1.43 bits per heavy atom. The molecule has 5 aromatic rings. The van der Waals surface area contributed by atoms with Crippen molar-refractivity contribution in [3.63, 3.8) is 0 Å². The Balaban J connectivity index is 1.36. The lowest BCUT2D eigenvalue weighted by Gasteiger charge is -2.36. The highest BCUT2D eigenvalue weighted by Gasteiger charge is 2.26. The van der Waals surface area contributed by atoms with Crippen molar-refractivity contribution >= 4 is 17.2 Å². The predicted octanol–water partition coefficient (Wildman–Crippen LogP) is 5.30. The minimum Gasteiger partial charge on any atom is -0.366 e. The number of hydrogen-bond acceptors (Lipinski definition) is 4. The van der Waals surface area contributed by atoms with Crippen molar-refractivity contribution in [2.45, 2.75) is 0 Å². The summed E-state index contributed by atoms with van der Waals surface area (Å²) >= 11 is 0. The number of fused-ring (bicyclic) bond motifs is 1. The van der Waals surface area contributed by atoms with Crippen LogP contribution < -0.4 is 4.90 Å². The molecular formula is C29H23F2N5O. The molecular weight excluding hydrogens is 472 g/mol. The van der Waals surface area contributed by atoms with E-state index in [1.54, 1.807) is 57.9 Å². The van der Waals surface area contributed by atoms with Gasteiger partial charge >= 0.3 is 0 Å². The molecule has 1 aliphatic heterocycles. The third-order valence-electron chi connectivity index (χ3n) is 6.63. The standard InChI is InChI=1S/C29H23F2N5O/c30-22-11-5-4-10-21(22)27-18-25(32-28-19-24(33-36(27)28)20-8-2-1-3-9-20)29(37)35-16-14-34(15-17-35)26-13-7-6-12-23(26)31/h1-13,18-19H,14-17H2. The van der Waals surface area contributed by atoms with Crippen molar-refractivity contribution < 1.29 is 13.6 Å². The van der Waals surface area contributed by atoms with E-state index in [4.69, 9.17) is 0 Å². The highest BCUT2D eigenvalue weighted by atomic mass is 19.1. The molecule has 3 heterocycles. The Morgan fingerprint density at radius 3 is 2.16 bits per heavy atom. The van der Waals surface area contributed by atoms with Crippen molar-refractivity contribution in [2.24, 2.45) is 0 Å². The topological polar surface area (TPSA) is 53.7 Å². The van der Waals surface area contributed by atoms with E-state index in [-0.39, 0.29) is 17.4 Å². The number of para-hydroxylation sites is 1. The maximum Gasteiger partial charge on any atom is 0.272 e. The second kappa shape index (κ2) is 9.46. The first kappa shape index (κ1) is 22.8. The van der Waals surface area contributed by atoms with E-state index in [2.05, 4.69) is 10.1 Å². The first-order valence-electron chi connectivity index (χ1n) is 12.1. The van der Waals surface area contributed by atoms with Crippen molar-refractivity contribution in [1.29, 1.82) is 0 Å². The normalized spacial score (nSPS) is 13.8. The van der Waals surface area contributed by atoms with E-state index in [0.717, 1.165) is 5.56 Å². The lowest BCUT2D eigenvalue weighted by molar-refractivity contribution is 0.0741. The average Bonchev–Trinajstić information content (AvgIpc) is 3.38. The lowest BCUT2D eigenvalue weighted by Crippen LogP contribution is -2.49. The van der Waals surface area contributed by atoms with Gasteiger partial charge in [-0.2, -0.15) is 5.10 Å². The molecule has 0 atom stereocenters. The summed E-state index contributed by atoms with van der Waals surface area (Å²) in [6.45, 7) is 1.84. The number of halogens is 2. The van der Waals surface area contributed by atoms with Crippen LogP contribution in [0.5, 0.6) is 0 Å². The molecule has 184 valence electrons. The zero-order valence-corrected chi connectivity index (χ0v) is 19.9. The fourth-order valence-electron chi connectivity index (χ4n) is 4.72. The molecule has 1 fully saturated rings. The number of nitrogens with zero attached hydrogens (tertiary/aromatic N) is 5. The molecule has 2 aromatic heterocycles. The van der Waals surface area contributed by atoms with E-state index >= 15 is 0 Å². The second-order valence-corrected chi connectivity index (χ2v) is 8.90. The number of rotatable bonds is 4. The van der Waals surface area contributed by atoms with Crippen LogP contribution in [-0.2, 0) is 0 Å². The number of hydrogen-bond donors (Lipinski definition) is 0. The first-order valence-corrected chi connectivity index (χ1v) is 12.1. The number of anilines is 1. The van der Waals surface area contributed by atoms with Crippen LogP contribution >= 0.6 is 0 Å². The van der Waals surface area contributed by atoms with Crippen molar-refractivity contribution in [2.75, 3.05) is 31.1 Å². The van der Waals surface area contributed by atoms with Gasteiger partial charge in [0, 0.05) is 43.4 Å². The molecule has 1 amide bonds. The third-order valence-corrected chi connectivity index (χ3v) is 6.63. The van der Waals surface area contributed by atoms with Gasteiger partial charge in [-0.15, -0.1) is 0 Å². The Labute approximate surface area is 212 Å². The molecule has 8 heteroatoms. The van der Waals surface area contributed by atoms with Crippen LogP contribution in [0, 0.1) is 11.6 Å². The Kier molecular flexibility index (Phi) is 5.84. The van der Waals surface area contributed by atoms with Gasteiger partial charge in [-0.3, -0.25) is 4.79 Å². The van der Waals surface area contributed by atoms with Crippen LogP contribution in [0.2, 0.25) is 0 Å². The molecule has 0 bridgehead atoms. The fourth-order valence-corrected chi connectivity index (χ4v) is 4.72. The van der Waals surface area contributed by atoms with Crippen molar-refractivity contribution in [1.82, 2.24) is 19.5 Å². The summed E-state index contributed by atoms with van der Waals surface area (Å²) in [5.41, 5.74) is 3.54. The summed E-state index contributed by atoms with van der Waals surface area (Å²) in [5.74, 6) is -0.946. The third kappa shape index (κ3) is 4.31. The molecule has 6 nitrogen and oxygen atoms in total. The summed E-state index contributed by atoms with van der Waals surface area (Å²) in [5, 5.41) is 4.69. The number of amides is 1. The maximum atomic E-state index is 14.9. The minimum atomic E-state index is -0.413. The summed E-state index contributed by atoms with van der Waals surface area (Å²) in [6, 6.07) is 26.1. The number of piperazine rings is 1. The second-order valence-electron chi connectivity index (χ2n) is 8.90. The SMILES string of the molecule is O=C(c1cc(-c2ccccc2F)n2nc(-c3ccccc3)cc2n1)N1CCN(c2ccccc2F)CC1. The monoisotopic (exact) mass is 495 g/mol. The average molecular weight is 496 g/mol. The smallest absolute Gasteiger partial charge is 0.272 e. The number of carbonyl (C=O) groups excluding carboxylic acids is 1. The summed E-state index contributed by atoms with van der Waals surface area (Å²) in [6.07, 6.45) is 0. The molecule has 6 rings (SSSR count). The van der Waals surface area contributed by atoms with Gasteiger partial charge in [-0.25, -0.2) is 18.3 Å². The van der Waals surface area contributed by atoms with Gasteiger partial charge in [0.15, 0.2) is 5.65 Å². The summed E-state index contributed by atoms with van der Waals surface area (Å²) < 4.78 is 30.7. The van der Waals surface area contributed by atoms with E-state index in [1.165, 1.54) is 12.1 Å². The van der Waals surface area contributed by atoms with Gasteiger partial charge in [0.25, 0.3) is 5.91 Å². The fraction of sp³-hybridized carbons (Fsp3) is 0.138. The van der Waals surface area contributed by atoms with Crippen LogP contribution in [0.4, 0.5) is 14.5 Å². The number of benzene rings is 3. The molecule has 1 aliphatic rings. The molecule has 0 N–H and O–H groups in total. The molecule has 0 aliphatic carbocycles. The minimum absolute atomic E-state index is 0.213. The largest absolute Gasteiger partial charge is 0.366 e. The Morgan fingerprint density at radius 1 is 0.757 bits per heavy atom. The lowest BCUT2D eigenvalue weighted by atomic mass is 10.1. The van der Waals surface area contributed by atoms with Gasteiger partial charge in [-0.1, -0.05) is 54.6 Å². The Bertz CT molecular complexity index is 1590. The predicted molar refractivity (Wildman–Crippen MR) is 138 cm³/mol. The van der Waals surface area contributed by atoms with Crippen LogP contribution in [0.25, 0.3) is 28.2 Å². The van der Waals surface area contributed by atoms with Crippen molar-refractivity contribution in [3.8, 4) is 22.5 Å². The number of carbonyl (C=O) groups is 1. The molecule has 0 saturated carbocycles. The molecule has 0 radical (unpaired) electrons. The maximum absolute atomic E-state index is 14.9. The van der Waals surface area contributed by atoms with E-state index in [0.29, 0.717) is 54.5 Å². The molecule has 37 heavy (non-hydrogen) atoms. The van der Waals surface area contributed by atoms with Crippen LogP contribution in [0.3, 0.4) is 0 Å². The zero-order valence-electron chi connectivity index (χ0n) is 19.9. The van der Waals surface area contributed by atoms with Crippen LogP contribution in [0.1, 0.15) is 10.5 Å². The highest BCUT2D eigenvalue weighted by molar-refractivity contribution is 5.94. The molecule has 1 saturated heterocycles. The molecule has 3 aromatic carbocycles. The highest BCUT2D eigenvalue weighted by Crippen LogP contribution is 2.28. The van der Waals surface area contributed by atoms with E-state index in [9.17, 15) is 13.6 Å².